The van der Waals surface area contributed by atoms with E-state index in [1.54, 1.807) is 0 Å². The first-order chi connectivity index (χ1) is 8.99. The number of carbonyl (C=O) groups excluding carboxylic acids is 1. The van der Waals surface area contributed by atoms with Crippen molar-refractivity contribution in [2.24, 2.45) is 5.41 Å². The Labute approximate surface area is 118 Å². The van der Waals surface area contributed by atoms with E-state index in [0.29, 0.717) is 11.1 Å². The number of rotatable bonds is 0. The average molecular weight is 266 g/mol. The summed E-state index contributed by atoms with van der Waals surface area (Å²) < 4.78 is 0. The van der Waals surface area contributed by atoms with Crippen molar-refractivity contribution in [3.63, 3.8) is 0 Å². The van der Waals surface area contributed by atoms with Crippen LogP contribution >= 0.6 is 12.2 Å². The molecule has 0 amide bonds. The highest BCUT2D eigenvalue weighted by molar-refractivity contribution is 7.81. The molecule has 0 atom stereocenters. The van der Waals surface area contributed by atoms with Crippen molar-refractivity contribution in [2.45, 2.75) is 13.8 Å². The molecule has 3 rings (SSSR count). The van der Waals surface area contributed by atoms with Gasteiger partial charge in [0.1, 0.15) is 0 Å². The van der Waals surface area contributed by atoms with Gasteiger partial charge in [0, 0.05) is 27.7 Å². The third-order valence-electron chi connectivity index (χ3n) is 3.55. The van der Waals surface area contributed by atoms with Crippen molar-refractivity contribution in [1.82, 2.24) is 0 Å². The number of Topliss-reactive ketones (excluding diaryl/α,β-unsaturated/α-hetero) is 1. The van der Waals surface area contributed by atoms with Gasteiger partial charge in [-0.3, -0.25) is 4.79 Å². The molecule has 2 aliphatic rings. The van der Waals surface area contributed by atoms with Crippen LogP contribution in [-0.4, -0.2) is 10.6 Å². The Kier molecular flexibility index (Phi) is 2.64. The summed E-state index contributed by atoms with van der Waals surface area (Å²) >= 11 is 5.55. The van der Waals surface area contributed by atoms with Gasteiger partial charge in [0.15, 0.2) is 5.78 Å². The number of ketones is 1. The van der Waals surface area contributed by atoms with Crippen molar-refractivity contribution in [3.8, 4) is 0 Å². The lowest BCUT2D eigenvalue weighted by Gasteiger charge is -2.18. The van der Waals surface area contributed by atoms with E-state index in [-0.39, 0.29) is 11.2 Å². The van der Waals surface area contributed by atoms with Crippen LogP contribution in [0.4, 0.5) is 0 Å². The largest absolute Gasteiger partial charge is 0.289 e. The Hall–Kier alpha value is -1.80. The fourth-order valence-electron chi connectivity index (χ4n) is 2.40. The molecular formula is C17H14OS. The summed E-state index contributed by atoms with van der Waals surface area (Å²) in [6.07, 6.45) is 8.06. The Morgan fingerprint density at radius 1 is 0.947 bits per heavy atom. The number of hydrogen-bond donors (Lipinski definition) is 0. The average Bonchev–Trinajstić information content (AvgIpc) is 2.55. The molecule has 0 bridgehead atoms. The van der Waals surface area contributed by atoms with Crippen LogP contribution in [0.25, 0.3) is 0 Å². The molecule has 0 saturated carbocycles. The van der Waals surface area contributed by atoms with Gasteiger partial charge in [-0.15, -0.1) is 0 Å². The maximum absolute atomic E-state index is 12.6. The summed E-state index contributed by atoms with van der Waals surface area (Å²) in [5, 5.41) is 0. The lowest BCUT2D eigenvalue weighted by molar-refractivity contribution is 0.103. The highest BCUT2D eigenvalue weighted by Crippen LogP contribution is 2.33. The first kappa shape index (κ1) is 12.2. The van der Waals surface area contributed by atoms with Crippen molar-refractivity contribution < 1.29 is 4.79 Å². The van der Waals surface area contributed by atoms with Crippen LogP contribution in [0.3, 0.4) is 0 Å². The van der Waals surface area contributed by atoms with E-state index < -0.39 is 0 Å². The molecule has 1 aromatic rings. The van der Waals surface area contributed by atoms with Gasteiger partial charge in [0.2, 0.25) is 0 Å². The van der Waals surface area contributed by atoms with Gasteiger partial charge in [-0.05, 0) is 0 Å². The van der Waals surface area contributed by atoms with Gasteiger partial charge in [-0.1, -0.05) is 74.6 Å². The fourth-order valence-corrected chi connectivity index (χ4v) is 2.75. The normalized spacial score (nSPS) is 20.1. The molecule has 0 aliphatic heterocycles. The Bertz CT molecular complexity index is 630. The van der Waals surface area contributed by atoms with Gasteiger partial charge in [0.25, 0.3) is 0 Å². The molecule has 1 nitrogen and oxygen atoms in total. The van der Waals surface area contributed by atoms with Crippen LogP contribution in [0.5, 0.6) is 0 Å². The maximum Gasteiger partial charge on any atom is 0.194 e. The van der Waals surface area contributed by atoms with Crippen LogP contribution in [0.2, 0.25) is 0 Å². The molecule has 0 radical (unpaired) electrons. The van der Waals surface area contributed by atoms with Gasteiger partial charge in [-0.2, -0.15) is 0 Å². The second-order valence-corrected chi connectivity index (χ2v) is 5.93. The molecule has 0 saturated heterocycles. The lowest BCUT2D eigenvalue weighted by Crippen LogP contribution is -2.19. The predicted molar refractivity (Wildman–Crippen MR) is 81.6 cm³/mol. The van der Waals surface area contributed by atoms with E-state index >= 15 is 0 Å². The third kappa shape index (κ3) is 1.92. The third-order valence-corrected chi connectivity index (χ3v) is 3.99. The van der Waals surface area contributed by atoms with Crippen LogP contribution in [-0.2, 0) is 0 Å². The Morgan fingerprint density at radius 2 is 1.53 bits per heavy atom. The standard InChI is InChI=1S/C17H14OS/c1-17(2)9-7-12-14(8-10-17)16(19)13-6-4-3-5-11(13)15(12)18/h3-10H,1-2H3. The minimum Gasteiger partial charge on any atom is -0.289 e. The number of thiocarbonyl (C=S) groups is 1. The molecule has 0 heterocycles. The van der Waals surface area contributed by atoms with Crippen molar-refractivity contribution in [1.29, 1.82) is 0 Å². The first-order valence-electron chi connectivity index (χ1n) is 6.31. The molecule has 2 heteroatoms. The van der Waals surface area contributed by atoms with Gasteiger partial charge < -0.3 is 0 Å². The van der Waals surface area contributed by atoms with Crippen LogP contribution in [0.1, 0.15) is 29.8 Å². The van der Waals surface area contributed by atoms with Gasteiger partial charge in [-0.25, -0.2) is 0 Å². The number of allylic oxidation sites excluding steroid dienone is 6. The zero-order chi connectivity index (χ0) is 13.6. The number of fused-ring (bicyclic) bond motifs is 1. The van der Waals surface area contributed by atoms with E-state index in [2.05, 4.69) is 26.0 Å². The van der Waals surface area contributed by atoms with E-state index in [9.17, 15) is 4.79 Å². The minimum absolute atomic E-state index is 0.0561. The molecule has 1 aromatic carbocycles. The topological polar surface area (TPSA) is 17.1 Å². The molecule has 0 spiro atoms. The summed E-state index contributed by atoms with van der Waals surface area (Å²) in [5.41, 5.74) is 3.12. The smallest absolute Gasteiger partial charge is 0.194 e. The summed E-state index contributed by atoms with van der Waals surface area (Å²) in [6.45, 7) is 4.22. The maximum atomic E-state index is 12.6. The number of hydrogen-bond acceptors (Lipinski definition) is 2. The van der Waals surface area contributed by atoms with E-state index in [1.807, 2.05) is 36.4 Å². The monoisotopic (exact) mass is 266 g/mol. The molecule has 0 unspecified atom stereocenters. The highest BCUT2D eigenvalue weighted by Gasteiger charge is 2.28. The fraction of sp³-hybridized carbons (Fsp3) is 0.176. The Morgan fingerprint density at radius 3 is 2.21 bits per heavy atom. The van der Waals surface area contributed by atoms with Crippen molar-refractivity contribution in [3.05, 3.63) is 70.8 Å². The van der Waals surface area contributed by atoms with E-state index in [4.69, 9.17) is 12.2 Å². The van der Waals surface area contributed by atoms with Gasteiger partial charge in [0.05, 0.1) is 4.86 Å². The summed E-state index contributed by atoms with van der Waals surface area (Å²) in [7, 11) is 0. The summed E-state index contributed by atoms with van der Waals surface area (Å²) in [4.78, 5) is 13.3. The SMILES string of the molecule is CC1(C)C=CC2=C(C=C1)C(=S)c1ccccc1C2=O. The summed E-state index contributed by atoms with van der Waals surface area (Å²) in [5.74, 6) is 0.0674. The molecule has 0 N–H and O–H groups in total. The first-order valence-corrected chi connectivity index (χ1v) is 6.72. The lowest BCUT2D eigenvalue weighted by atomic mass is 9.85. The molecule has 0 fully saturated rings. The van der Waals surface area contributed by atoms with Crippen molar-refractivity contribution >= 4 is 22.9 Å². The molecular weight excluding hydrogens is 252 g/mol. The van der Waals surface area contributed by atoms with Crippen LogP contribution < -0.4 is 0 Å². The van der Waals surface area contributed by atoms with Crippen LogP contribution in [0.15, 0.2) is 59.7 Å². The van der Waals surface area contributed by atoms with Crippen LogP contribution in [0, 0.1) is 5.41 Å². The summed E-state index contributed by atoms with van der Waals surface area (Å²) in [6, 6.07) is 7.57. The second-order valence-electron chi connectivity index (χ2n) is 5.52. The molecule has 0 aromatic heterocycles. The van der Waals surface area contributed by atoms with E-state index in [1.165, 1.54) is 0 Å². The predicted octanol–water partition coefficient (Wildman–Crippen LogP) is 4.05. The quantitative estimate of drug-likeness (QED) is 0.659. The Balaban J connectivity index is 2.23. The highest BCUT2D eigenvalue weighted by atomic mass is 32.1. The zero-order valence-electron chi connectivity index (χ0n) is 10.9. The molecule has 94 valence electrons. The van der Waals surface area contributed by atoms with Crippen molar-refractivity contribution in [2.75, 3.05) is 0 Å². The number of benzene rings is 1. The zero-order valence-corrected chi connectivity index (χ0v) is 11.8. The second kappa shape index (κ2) is 4.10. The van der Waals surface area contributed by atoms with Gasteiger partial charge >= 0.3 is 0 Å². The molecule has 2 aliphatic carbocycles. The minimum atomic E-state index is -0.0561. The van der Waals surface area contributed by atoms with E-state index in [0.717, 1.165) is 16.0 Å². The molecule has 19 heavy (non-hydrogen) atoms. The number of carbonyl (C=O) groups is 1.